The molecule has 2 rings (SSSR count). The molecule has 0 radical (unpaired) electrons. The molecule has 2 atom stereocenters. The Morgan fingerprint density at radius 3 is 2.88 bits per heavy atom. The molecule has 1 saturated carbocycles. The zero-order valence-corrected chi connectivity index (χ0v) is 11.4. The number of aromatic carboxylic acids is 1. The summed E-state index contributed by atoms with van der Waals surface area (Å²) in [4.78, 5) is 17.3. The van der Waals surface area contributed by atoms with Crippen LogP contribution in [0.2, 0.25) is 0 Å². The van der Waals surface area contributed by atoms with E-state index in [9.17, 15) is 4.79 Å². The van der Waals surface area contributed by atoms with Crippen LogP contribution in [0, 0.1) is 11.8 Å². The van der Waals surface area contributed by atoms with Crippen LogP contribution in [-0.4, -0.2) is 29.7 Å². The number of nitrogens with zero attached hydrogens (tertiary/aromatic N) is 2. The molecule has 1 aliphatic carbocycles. The zero-order chi connectivity index (χ0) is 12.6. The number of hydrogen-bond acceptors (Lipinski definition) is 3. The Labute approximate surface area is 109 Å². The van der Waals surface area contributed by atoms with Gasteiger partial charge in [-0.05, 0) is 40.3 Å². The lowest BCUT2D eigenvalue weighted by molar-refractivity contribution is 0.0697. The molecule has 1 aromatic rings. The monoisotopic (exact) mass is 298 g/mol. The van der Waals surface area contributed by atoms with Gasteiger partial charge in [0.05, 0.1) is 0 Å². The van der Waals surface area contributed by atoms with Gasteiger partial charge in [-0.25, -0.2) is 9.78 Å². The van der Waals surface area contributed by atoms with Crippen molar-refractivity contribution in [2.24, 2.45) is 11.8 Å². The molecule has 5 heteroatoms. The van der Waals surface area contributed by atoms with Crippen molar-refractivity contribution in [3.8, 4) is 0 Å². The number of carboxylic acid groups (broad SMARTS) is 1. The van der Waals surface area contributed by atoms with Crippen molar-refractivity contribution in [3.63, 3.8) is 0 Å². The van der Waals surface area contributed by atoms with Gasteiger partial charge in [0.1, 0.15) is 11.4 Å². The van der Waals surface area contributed by atoms with Crippen LogP contribution < -0.4 is 4.90 Å². The number of anilines is 1. The Morgan fingerprint density at radius 2 is 2.35 bits per heavy atom. The predicted octanol–water partition coefficient (Wildman–Crippen LogP) is 2.63. The second-order valence-corrected chi connectivity index (χ2v) is 5.60. The fourth-order valence-electron chi connectivity index (χ4n) is 1.99. The van der Waals surface area contributed by atoms with Crippen LogP contribution in [-0.2, 0) is 0 Å². The summed E-state index contributed by atoms with van der Waals surface area (Å²) in [5.41, 5.74) is 0.246. The van der Waals surface area contributed by atoms with E-state index in [2.05, 4.69) is 27.8 Å². The number of aromatic nitrogens is 1. The second-order valence-electron chi connectivity index (χ2n) is 4.68. The van der Waals surface area contributed by atoms with Crippen molar-refractivity contribution in [1.29, 1.82) is 0 Å². The third kappa shape index (κ3) is 2.77. The van der Waals surface area contributed by atoms with Crippen molar-refractivity contribution in [2.75, 3.05) is 18.5 Å². The Bertz CT molecular complexity index is 450. The van der Waals surface area contributed by atoms with E-state index in [1.54, 1.807) is 12.3 Å². The molecule has 0 amide bonds. The van der Waals surface area contributed by atoms with Crippen LogP contribution in [0.4, 0.5) is 5.82 Å². The Morgan fingerprint density at radius 1 is 1.71 bits per heavy atom. The summed E-state index contributed by atoms with van der Waals surface area (Å²) in [5, 5.41) is 9.15. The van der Waals surface area contributed by atoms with E-state index in [4.69, 9.17) is 5.11 Å². The van der Waals surface area contributed by atoms with E-state index in [-0.39, 0.29) is 5.56 Å². The van der Waals surface area contributed by atoms with Crippen LogP contribution in [0.5, 0.6) is 0 Å². The summed E-state index contributed by atoms with van der Waals surface area (Å²) in [7, 11) is 1.90. The van der Waals surface area contributed by atoms with Gasteiger partial charge in [-0.2, -0.15) is 0 Å². The smallest absolute Gasteiger partial charge is 0.339 e. The maximum Gasteiger partial charge on any atom is 0.339 e. The van der Waals surface area contributed by atoms with E-state index < -0.39 is 5.97 Å². The van der Waals surface area contributed by atoms with E-state index in [1.165, 1.54) is 6.42 Å². The summed E-state index contributed by atoms with van der Waals surface area (Å²) in [5.74, 6) is 1.03. The standard InChI is InChI=1S/C12H15BrN2O2/c1-7-3-8(7)6-15(2)11-10(12(16)17)4-9(13)5-14-11/h4-5,7-8H,3,6H2,1-2H3,(H,16,17). The molecule has 1 aromatic heterocycles. The third-order valence-electron chi connectivity index (χ3n) is 3.21. The van der Waals surface area contributed by atoms with Gasteiger partial charge in [0.25, 0.3) is 0 Å². The molecule has 0 aromatic carbocycles. The average Bonchev–Trinajstić information content (AvgIpc) is 2.93. The fraction of sp³-hybridized carbons (Fsp3) is 0.500. The van der Waals surface area contributed by atoms with Crippen LogP contribution in [0.25, 0.3) is 0 Å². The van der Waals surface area contributed by atoms with Crippen LogP contribution in [0.1, 0.15) is 23.7 Å². The molecule has 1 heterocycles. The number of rotatable bonds is 4. The third-order valence-corrected chi connectivity index (χ3v) is 3.64. The van der Waals surface area contributed by atoms with Gasteiger partial charge in [0.2, 0.25) is 0 Å². The number of carbonyl (C=O) groups is 1. The molecule has 17 heavy (non-hydrogen) atoms. The van der Waals surface area contributed by atoms with E-state index in [0.717, 1.165) is 12.5 Å². The Hall–Kier alpha value is -1.10. The molecule has 0 aliphatic heterocycles. The molecule has 2 unspecified atom stereocenters. The molecule has 1 N–H and O–H groups in total. The van der Waals surface area contributed by atoms with E-state index in [1.807, 2.05) is 11.9 Å². The molecule has 1 fully saturated rings. The maximum absolute atomic E-state index is 11.2. The average molecular weight is 299 g/mol. The highest BCUT2D eigenvalue weighted by molar-refractivity contribution is 9.10. The lowest BCUT2D eigenvalue weighted by Gasteiger charge is -2.20. The number of carboxylic acids is 1. The highest BCUT2D eigenvalue weighted by Gasteiger charge is 2.34. The van der Waals surface area contributed by atoms with Crippen molar-refractivity contribution in [2.45, 2.75) is 13.3 Å². The molecule has 1 aliphatic rings. The van der Waals surface area contributed by atoms with Gasteiger partial charge >= 0.3 is 5.97 Å². The highest BCUT2D eigenvalue weighted by Crippen LogP contribution is 2.38. The van der Waals surface area contributed by atoms with E-state index >= 15 is 0 Å². The zero-order valence-electron chi connectivity index (χ0n) is 9.85. The summed E-state index contributed by atoms with van der Waals surface area (Å²) in [6.07, 6.45) is 2.86. The minimum Gasteiger partial charge on any atom is -0.478 e. The minimum atomic E-state index is -0.940. The Kier molecular flexibility index (Phi) is 3.38. The lowest BCUT2D eigenvalue weighted by Crippen LogP contribution is -2.24. The second kappa shape index (κ2) is 4.64. The molecular weight excluding hydrogens is 284 g/mol. The highest BCUT2D eigenvalue weighted by atomic mass is 79.9. The van der Waals surface area contributed by atoms with E-state index in [0.29, 0.717) is 16.2 Å². The van der Waals surface area contributed by atoms with Crippen molar-refractivity contribution >= 4 is 27.7 Å². The number of hydrogen-bond donors (Lipinski definition) is 1. The first kappa shape index (κ1) is 12.4. The molecule has 0 saturated heterocycles. The first-order chi connectivity index (χ1) is 7.99. The van der Waals surface area contributed by atoms with Crippen LogP contribution >= 0.6 is 15.9 Å². The lowest BCUT2D eigenvalue weighted by atomic mass is 10.2. The molecule has 4 nitrogen and oxygen atoms in total. The predicted molar refractivity (Wildman–Crippen MR) is 69.4 cm³/mol. The first-order valence-corrected chi connectivity index (χ1v) is 6.38. The topological polar surface area (TPSA) is 53.4 Å². The summed E-state index contributed by atoms with van der Waals surface area (Å²) in [6, 6.07) is 1.59. The van der Waals surface area contributed by atoms with Crippen LogP contribution in [0.3, 0.4) is 0 Å². The number of pyridine rings is 1. The molecule has 0 bridgehead atoms. The van der Waals surface area contributed by atoms with Gasteiger partial charge in [0.15, 0.2) is 0 Å². The normalized spacial score (nSPS) is 22.3. The summed E-state index contributed by atoms with van der Waals surface area (Å²) < 4.78 is 0.687. The quantitative estimate of drug-likeness (QED) is 0.928. The van der Waals surface area contributed by atoms with Gasteiger partial charge in [-0.15, -0.1) is 0 Å². The number of halogens is 1. The molecule has 0 spiro atoms. The van der Waals surface area contributed by atoms with Crippen LogP contribution in [0.15, 0.2) is 16.7 Å². The van der Waals surface area contributed by atoms with Gasteiger partial charge in [-0.1, -0.05) is 6.92 Å². The van der Waals surface area contributed by atoms with Crippen molar-refractivity contribution < 1.29 is 9.90 Å². The van der Waals surface area contributed by atoms with Crippen molar-refractivity contribution in [3.05, 3.63) is 22.3 Å². The molecular formula is C12H15BrN2O2. The fourth-order valence-corrected chi connectivity index (χ4v) is 2.32. The van der Waals surface area contributed by atoms with Gasteiger partial charge in [0, 0.05) is 24.3 Å². The first-order valence-electron chi connectivity index (χ1n) is 5.59. The summed E-state index contributed by atoms with van der Waals surface area (Å²) >= 11 is 3.24. The minimum absolute atomic E-state index is 0.246. The SMILES string of the molecule is CC1CC1CN(C)c1ncc(Br)cc1C(=O)O. The maximum atomic E-state index is 11.2. The largest absolute Gasteiger partial charge is 0.478 e. The Balaban J connectivity index is 2.21. The molecule has 92 valence electrons. The summed E-state index contributed by atoms with van der Waals surface area (Å²) in [6.45, 7) is 3.09. The van der Waals surface area contributed by atoms with Crippen molar-refractivity contribution in [1.82, 2.24) is 4.98 Å². The van der Waals surface area contributed by atoms with Gasteiger partial charge in [-0.3, -0.25) is 0 Å². The van der Waals surface area contributed by atoms with Gasteiger partial charge < -0.3 is 10.0 Å².